The zero-order chi connectivity index (χ0) is 19.5. The molecular formula is C20H25NO4S. The van der Waals surface area contributed by atoms with E-state index in [1.807, 2.05) is 46.8 Å². The third kappa shape index (κ3) is 4.25. The van der Waals surface area contributed by atoms with Crippen molar-refractivity contribution in [1.82, 2.24) is 4.90 Å². The minimum Gasteiger partial charge on any atom is -0.378 e. The van der Waals surface area contributed by atoms with Gasteiger partial charge in [0.1, 0.15) is 10.6 Å². The first-order valence-corrected chi connectivity index (χ1v) is 10.0. The molecule has 2 rings (SSSR count). The molecule has 26 heavy (non-hydrogen) atoms. The van der Waals surface area contributed by atoms with Gasteiger partial charge in [0.25, 0.3) is 5.91 Å². The van der Waals surface area contributed by atoms with Crippen LogP contribution in [0.4, 0.5) is 0 Å². The lowest BCUT2D eigenvalue weighted by atomic mass is 10.1. The summed E-state index contributed by atoms with van der Waals surface area (Å²) in [6.07, 6.45) is 0. The molecule has 140 valence electrons. The Bertz CT molecular complexity index is 875. The van der Waals surface area contributed by atoms with Gasteiger partial charge in [-0.15, -0.1) is 0 Å². The number of hydrogen-bond acceptors (Lipinski definition) is 4. The van der Waals surface area contributed by atoms with Gasteiger partial charge in [-0.25, -0.2) is 0 Å². The van der Waals surface area contributed by atoms with Crippen LogP contribution < -0.4 is 4.18 Å². The van der Waals surface area contributed by atoms with Gasteiger partial charge in [0.05, 0.1) is 0 Å². The number of amides is 1. The monoisotopic (exact) mass is 375 g/mol. The fourth-order valence-electron chi connectivity index (χ4n) is 2.91. The summed E-state index contributed by atoms with van der Waals surface area (Å²) < 4.78 is 30.6. The molecular weight excluding hydrogens is 350 g/mol. The maximum absolute atomic E-state index is 12.6. The van der Waals surface area contributed by atoms with E-state index < -0.39 is 10.1 Å². The van der Waals surface area contributed by atoms with E-state index in [1.54, 1.807) is 4.90 Å². The SMILES string of the molecule is CCN(CC)C(=O)c1ccc(S(=O)(=O)Oc2c(C)cc(C)cc2C)cc1. The van der Waals surface area contributed by atoms with Gasteiger partial charge in [-0.1, -0.05) is 17.7 Å². The largest absolute Gasteiger partial charge is 0.378 e. The van der Waals surface area contributed by atoms with E-state index >= 15 is 0 Å². The Morgan fingerprint density at radius 1 is 0.962 bits per heavy atom. The van der Waals surface area contributed by atoms with Crippen molar-refractivity contribution in [2.75, 3.05) is 13.1 Å². The van der Waals surface area contributed by atoms with Gasteiger partial charge in [0, 0.05) is 18.7 Å². The molecule has 0 radical (unpaired) electrons. The first-order chi connectivity index (χ1) is 12.2. The highest BCUT2D eigenvalue weighted by atomic mass is 32.2. The standard InChI is InChI=1S/C20H25NO4S/c1-6-21(7-2)20(22)17-8-10-18(11-9-17)26(23,24)25-19-15(4)12-14(3)13-16(19)5/h8-13H,6-7H2,1-5H3. The predicted molar refractivity (Wildman–Crippen MR) is 102 cm³/mol. The molecule has 0 fully saturated rings. The van der Waals surface area contributed by atoms with Gasteiger partial charge in [-0.2, -0.15) is 8.42 Å². The number of benzene rings is 2. The van der Waals surface area contributed by atoms with Crippen LogP contribution in [0.25, 0.3) is 0 Å². The molecule has 0 spiro atoms. The Morgan fingerprint density at radius 2 is 1.46 bits per heavy atom. The van der Waals surface area contributed by atoms with Crippen molar-refractivity contribution in [3.63, 3.8) is 0 Å². The number of aryl methyl sites for hydroxylation is 3. The van der Waals surface area contributed by atoms with Crippen molar-refractivity contribution in [3.05, 3.63) is 58.7 Å². The molecule has 6 heteroatoms. The predicted octanol–water partition coefficient (Wildman–Crippen LogP) is 3.86. The first kappa shape index (κ1) is 20.0. The van der Waals surface area contributed by atoms with E-state index in [2.05, 4.69) is 0 Å². The lowest BCUT2D eigenvalue weighted by molar-refractivity contribution is 0.0773. The molecule has 0 aliphatic carbocycles. The van der Waals surface area contributed by atoms with Crippen LogP contribution in [0.1, 0.15) is 40.9 Å². The smallest absolute Gasteiger partial charge is 0.339 e. The fourth-order valence-corrected chi connectivity index (χ4v) is 3.96. The van der Waals surface area contributed by atoms with Gasteiger partial charge < -0.3 is 9.08 Å². The second-order valence-corrected chi connectivity index (χ2v) is 7.81. The molecule has 0 saturated heterocycles. The summed E-state index contributed by atoms with van der Waals surface area (Å²) >= 11 is 0. The number of hydrogen-bond donors (Lipinski definition) is 0. The molecule has 0 N–H and O–H groups in total. The third-order valence-electron chi connectivity index (χ3n) is 4.24. The Hall–Kier alpha value is -2.34. The van der Waals surface area contributed by atoms with E-state index in [9.17, 15) is 13.2 Å². The molecule has 2 aromatic carbocycles. The highest BCUT2D eigenvalue weighted by Crippen LogP contribution is 2.28. The molecule has 0 aliphatic heterocycles. The van der Waals surface area contributed by atoms with Crippen LogP contribution in [0.5, 0.6) is 5.75 Å². The minimum atomic E-state index is -3.97. The second-order valence-electron chi connectivity index (χ2n) is 6.27. The zero-order valence-electron chi connectivity index (χ0n) is 15.9. The average Bonchev–Trinajstić information content (AvgIpc) is 2.59. The molecule has 1 amide bonds. The highest BCUT2D eigenvalue weighted by molar-refractivity contribution is 7.87. The Morgan fingerprint density at radius 3 is 1.92 bits per heavy atom. The van der Waals surface area contributed by atoms with Crippen molar-refractivity contribution in [1.29, 1.82) is 0 Å². The molecule has 0 aromatic heterocycles. The van der Waals surface area contributed by atoms with E-state index in [0.717, 1.165) is 16.7 Å². The summed E-state index contributed by atoms with van der Waals surface area (Å²) in [5, 5.41) is 0. The van der Waals surface area contributed by atoms with Gasteiger partial charge in [-0.05, 0) is 70.0 Å². The summed E-state index contributed by atoms with van der Waals surface area (Å²) in [7, 11) is -3.97. The number of nitrogens with zero attached hydrogens (tertiary/aromatic N) is 1. The molecule has 5 nitrogen and oxygen atoms in total. The molecule has 0 saturated carbocycles. The van der Waals surface area contributed by atoms with Gasteiger partial charge in [0.15, 0.2) is 0 Å². The second kappa shape index (κ2) is 7.91. The average molecular weight is 375 g/mol. The number of carbonyl (C=O) groups excluding carboxylic acids is 1. The molecule has 0 atom stereocenters. The molecule has 0 aliphatic rings. The Labute approximate surface area is 155 Å². The summed E-state index contributed by atoms with van der Waals surface area (Å²) in [6, 6.07) is 9.61. The Kier molecular flexibility index (Phi) is 6.08. The maximum Gasteiger partial charge on any atom is 0.339 e. The van der Waals surface area contributed by atoms with Crippen molar-refractivity contribution in [2.24, 2.45) is 0 Å². The number of carbonyl (C=O) groups is 1. The topological polar surface area (TPSA) is 63.7 Å². The van der Waals surface area contributed by atoms with E-state index in [4.69, 9.17) is 4.18 Å². The van der Waals surface area contributed by atoms with Crippen LogP contribution >= 0.6 is 0 Å². The lowest BCUT2D eigenvalue weighted by Crippen LogP contribution is -2.30. The van der Waals surface area contributed by atoms with E-state index in [0.29, 0.717) is 24.4 Å². The zero-order valence-corrected chi connectivity index (χ0v) is 16.7. The van der Waals surface area contributed by atoms with Gasteiger partial charge in [-0.3, -0.25) is 4.79 Å². The third-order valence-corrected chi connectivity index (χ3v) is 5.47. The van der Waals surface area contributed by atoms with Crippen LogP contribution in [-0.4, -0.2) is 32.3 Å². The Balaban J connectivity index is 2.29. The molecule has 2 aromatic rings. The fraction of sp³-hybridized carbons (Fsp3) is 0.350. The van der Waals surface area contributed by atoms with Crippen LogP contribution in [-0.2, 0) is 10.1 Å². The van der Waals surface area contributed by atoms with Crippen LogP contribution in [0, 0.1) is 20.8 Å². The van der Waals surface area contributed by atoms with Crippen LogP contribution in [0.3, 0.4) is 0 Å². The van der Waals surface area contributed by atoms with Crippen LogP contribution in [0.15, 0.2) is 41.3 Å². The van der Waals surface area contributed by atoms with Crippen molar-refractivity contribution >= 4 is 16.0 Å². The van der Waals surface area contributed by atoms with Gasteiger partial charge in [0.2, 0.25) is 0 Å². The lowest BCUT2D eigenvalue weighted by Gasteiger charge is -2.18. The summed E-state index contributed by atoms with van der Waals surface area (Å²) in [5.41, 5.74) is 3.03. The first-order valence-electron chi connectivity index (χ1n) is 8.61. The number of rotatable bonds is 6. The van der Waals surface area contributed by atoms with Gasteiger partial charge >= 0.3 is 10.1 Å². The van der Waals surface area contributed by atoms with Crippen molar-refractivity contribution in [3.8, 4) is 5.75 Å². The van der Waals surface area contributed by atoms with Crippen LogP contribution in [0.2, 0.25) is 0 Å². The molecule has 0 heterocycles. The van der Waals surface area contributed by atoms with E-state index in [1.165, 1.54) is 24.3 Å². The van der Waals surface area contributed by atoms with Crippen molar-refractivity contribution in [2.45, 2.75) is 39.5 Å². The van der Waals surface area contributed by atoms with Crippen molar-refractivity contribution < 1.29 is 17.4 Å². The summed E-state index contributed by atoms with van der Waals surface area (Å²) in [5.74, 6) is 0.226. The highest BCUT2D eigenvalue weighted by Gasteiger charge is 2.20. The summed E-state index contributed by atoms with van der Waals surface area (Å²) in [6.45, 7) is 10.6. The minimum absolute atomic E-state index is 0.0213. The quantitative estimate of drug-likeness (QED) is 0.719. The molecule has 0 unspecified atom stereocenters. The van der Waals surface area contributed by atoms with E-state index in [-0.39, 0.29) is 10.8 Å². The molecule has 0 bridgehead atoms. The normalized spacial score (nSPS) is 11.3. The summed E-state index contributed by atoms with van der Waals surface area (Å²) in [4.78, 5) is 14.0. The maximum atomic E-state index is 12.6.